The van der Waals surface area contributed by atoms with Gasteiger partial charge in [0.1, 0.15) is 6.17 Å². The molecule has 2 rings (SSSR count). The molecule has 1 aromatic carbocycles. The summed E-state index contributed by atoms with van der Waals surface area (Å²) in [6.45, 7) is 0.888. The first kappa shape index (κ1) is 14.4. The van der Waals surface area contributed by atoms with E-state index in [4.69, 9.17) is 23.2 Å². The van der Waals surface area contributed by atoms with E-state index in [9.17, 15) is 4.79 Å². The third-order valence-corrected chi connectivity index (χ3v) is 3.77. The van der Waals surface area contributed by atoms with E-state index in [2.05, 4.69) is 10.2 Å². The number of halogens is 2. The Morgan fingerprint density at radius 3 is 2.68 bits per heavy atom. The Morgan fingerprint density at radius 2 is 2.05 bits per heavy atom. The number of benzene rings is 1. The lowest BCUT2D eigenvalue weighted by Gasteiger charge is -2.37. The summed E-state index contributed by atoms with van der Waals surface area (Å²) < 4.78 is 0. The van der Waals surface area contributed by atoms with Gasteiger partial charge in [-0.1, -0.05) is 23.2 Å². The molecule has 6 heteroatoms. The van der Waals surface area contributed by atoms with Crippen LogP contribution in [0.15, 0.2) is 12.1 Å². The Kier molecular flexibility index (Phi) is 4.23. The smallest absolute Gasteiger partial charge is 0.256 e. The summed E-state index contributed by atoms with van der Waals surface area (Å²) in [4.78, 5) is 16.2. The minimum absolute atomic E-state index is 0.0445. The highest BCUT2D eigenvalue weighted by atomic mass is 35.5. The lowest BCUT2D eigenvalue weighted by Crippen LogP contribution is -2.52. The van der Waals surface area contributed by atoms with Gasteiger partial charge in [0.05, 0.1) is 16.3 Å². The zero-order valence-electron chi connectivity index (χ0n) is 11.2. The second kappa shape index (κ2) is 5.57. The lowest BCUT2D eigenvalue weighted by molar-refractivity contribution is 0.0924. The monoisotopic (exact) mass is 301 g/mol. The van der Waals surface area contributed by atoms with E-state index in [-0.39, 0.29) is 12.1 Å². The van der Waals surface area contributed by atoms with Gasteiger partial charge in [-0.25, -0.2) is 0 Å². The number of nitrogens with zero attached hydrogens (tertiary/aromatic N) is 2. The van der Waals surface area contributed by atoms with Gasteiger partial charge in [-0.05, 0) is 32.6 Å². The predicted octanol–water partition coefficient (Wildman–Crippen LogP) is 2.45. The van der Waals surface area contributed by atoms with Crippen molar-refractivity contribution in [3.63, 3.8) is 0 Å². The fourth-order valence-corrected chi connectivity index (χ4v) is 2.77. The molecule has 0 aliphatic carbocycles. The van der Waals surface area contributed by atoms with Gasteiger partial charge < -0.3 is 15.1 Å². The van der Waals surface area contributed by atoms with E-state index in [1.54, 1.807) is 12.1 Å². The molecule has 1 aromatic rings. The second-order valence-corrected chi connectivity index (χ2v) is 5.82. The average molecular weight is 302 g/mol. The highest BCUT2D eigenvalue weighted by molar-refractivity contribution is 6.38. The van der Waals surface area contributed by atoms with Gasteiger partial charge in [-0.3, -0.25) is 4.79 Å². The molecule has 104 valence electrons. The van der Waals surface area contributed by atoms with Crippen LogP contribution in [0, 0.1) is 0 Å². The van der Waals surface area contributed by atoms with Gasteiger partial charge in [0.15, 0.2) is 0 Å². The fraction of sp³-hybridized carbons (Fsp3) is 0.462. The number of carbonyl (C=O) groups excluding carboxylic acids is 1. The molecule has 1 aliphatic heterocycles. The summed E-state index contributed by atoms with van der Waals surface area (Å²) in [7, 11) is 5.95. The molecular formula is C13H17Cl2N3O. The standard InChI is InChI=1S/C13H17Cl2N3O/c1-17(2)5-4-11-16-13(19)12-9(15)6-8(14)7-10(12)18(11)3/h6-7,11H,4-5H2,1-3H3,(H,16,19). The zero-order chi connectivity index (χ0) is 14.2. The number of anilines is 1. The van der Waals surface area contributed by atoms with Gasteiger partial charge >= 0.3 is 0 Å². The van der Waals surface area contributed by atoms with Crippen LogP contribution >= 0.6 is 23.2 Å². The SMILES string of the molecule is CN(C)CCC1NC(=O)c2c(Cl)cc(Cl)cc2N1C. The average Bonchev–Trinajstić information content (AvgIpc) is 2.30. The first-order valence-corrected chi connectivity index (χ1v) is 6.83. The Hall–Kier alpha value is -0.970. The zero-order valence-corrected chi connectivity index (χ0v) is 12.7. The van der Waals surface area contributed by atoms with E-state index in [1.807, 2.05) is 26.0 Å². The molecule has 1 N–H and O–H groups in total. The van der Waals surface area contributed by atoms with Crippen LogP contribution < -0.4 is 10.2 Å². The Labute approximate surface area is 123 Å². The van der Waals surface area contributed by atoms with Crippen LogP contribution in [0.1, 0.15) is 16.8 Å². The number of rotatable bonds is 3. The molecule has 0 fully saturated rings. The number of hydrogen-bond donors (Lipinski definition) is 1. The van der Waals surface area contributed by atoms with Crippen molar-refractivity contribution in [3.8, 4) is 0 Å². The third-order valence-electron chi connectivity index (χ3n) is 3.26. The molecule has 1 atom stereocenters. The number of nitrogens with one attached hydrogen (secondary N) is 1. The number of carbonyl (C=O) groups is 1. The molecule has 1 unspecified atom stereocenters. The van der Waals surface area contributed by atoms with Crippen molar-refractivity contribution in [3.05, 3.63) is 27.7 Å². The van der Waals surface area contributed by atoms with Crippen LogP contribution in [0.3, 0.4) is 0 Å². The van der Waals surface area contributed by atoms with Gasteiger partial charge in [-0.2, -0.15) is 0 Å². The van der Waals surface area contributed by atoms with Crippen molar-refractivity contribution < 1.29 is 4.79 Å². The van der Waals surface area contributed by atoms with E-state index in [0.29, 0.717) is 15.6 Å². The lowest BCUT2D eigenvalue weighted by atomic mass is 10.1. The maximum atomic E-state index is 12.1. The minimum Gasteiger partial charge on any atom is -0.354 e. The van der Waals surface area contributed by atoms with E-state index >= 15 is 0 Å². The molecule has 0 saturated heterocycles. The Bertz CT molecular complexity index is 505. The van der Waals surface area contributed by atoms with Crippen LogP contribution in [0.2, 0.25) is 10.0 Å². The first-order valence-electron chi connectivity index (χ1n) is 6.07. The Balaban J connectivity index is 2.31. The number of hydrogen-bond acceptors (Lipinski definition) is 3. The summed E-state index contributed by atoms with van der Waals surface area (Å²) in [6.07, 6.45) is 0.788. The van der Waals surface area contributed by atoms with E-state index in [1.165, 1.54) is 0 Å². The molecule has 1 aliphatic rings. The van der Waals surface area contributed by atoms with Crippen molar-refractivity contribution in [2.45, 2.75) is 12.6 Å². The second-order valence-electron chi connectivity index (χ2n) is 4.97. The molecule has 4 nitrogen and oxygen atoms in total. The quantitative estimate of drug-likeness (QED) is 0.931. The van der Waals surface area contributed by atoms with Gasteiger partial charge in [0.25, 0.3) is 5.91 Å². The topological polar surface area (TPSA) is 35.6 Å². The normalized spacial score (nSPS) is 18.5. The third kappa shape index (κ3) is 2.96. The molecule has 19 heavy (non-hydrogen) atoms. The summed E-state index contributed by atoms with van der Waals surface area (Å²) in [5.74, 6) is -0.140. The highest BCUT2D eigenvalue weighted by Crippen LogP contribution is 2.34. The van der Waals surface area contributed by atoms with Crippen molar-refractivity contribution in [1.82, 2.24) is 10.2 Å². The molecular weight excluding hydrogens is 285 g/mol. The largest absolute Gasteiger partial charge is 0.354 e. The van der Waals surface area contributed by atoms with E-state index < -0.39 is 0 Å². The maximum absolute atomic E-state index is 12.1. The maximum Gasteiger partial charge on any atom is 0.256 e. The first-order chi connectivity index (χ1) is 8.90. The fourth-order valence-electron chi connectivity index (χ4n) is 2.20. The summed E-state index contributed by atoms with van der Waals surface area (Å²) in [6, 6.07) is 3.37. The molecule has 0 radical (unpaired) electrons. The van der Waals surface area contributed by atoms with Crippen molar-refractivity contribution in [1.29, 1.82) is 0 Å². The number of amides is 1. The van der Waals surface area contributed by atoms with Crippen LogP contribution in [-0.2, 0) is 0 Å². The minimum atomic E-state index is -0.140. The Morgan fingerprint density at radius 1 is 1.37 bits per heavy atom. The molecule has 0 saturated carbocycles. The van der Waals surface area contributed by atoms with E-state index in [0.717, 1.165) is 18.7 Å². The summed E-state index contributed by atoms with van der Waals surface area (Å²) in [5.41, 5.74) is 1.28. The van der Waals surface area contributed by atoms with Gasteiger partial charge in [0, 0.05) is 18.6 Å². The molecule has 1 heterocycles. The van der Waals surface area contributed by atoms with Crippen molar-refractivity contribution in [2.75, 3.05) is 32.6 Å². The highest BCUT2D eigenvalue weighted by Gasteiger charge is 2.30. The molecule has 1 amide bonds. The van der Waals surface area contributed by atoms with Crippen LogP contribution in [-0.4, -0.2) is 44.7 Å². The van der Waals surface area contributed by atoms with Crippen molar-refractivity contribution in [2.24, 2.45) is 0 Å². The molecule has 0 spiro atoms. The number of fused-ring (bicyclic) bond motifs is 1. The summed E-state index contributed by atoms with van der Waals surface area (Å²) in [5, 5.41) is 3.90. The van der Waals surface area contributed by atoms with Crippen LogP contribution in [0.5, 0.6) is 0 Å². The predicted molar refractivity (Wildman–Crippen MR) is 79.3 cm³/mol. The van der Waals surface area contributed by atoms with Crippen LogP contribution in [0.4, 0.5) is 5.69 Å². The van der Waals surface area contributed by atoms with Gasteiger partial charge in [0.2, 0.25) is 0 Å². The van der Waals surface area contributed by atoms with Crippen LogP contribution in [0.25, 0.3) is 0 Å². The molecule has 0 bridgehead atoms. The molecule has 0 aromatic heterocycles. The van der Waals surface area contributed by atoms with Gasteiger partial charge in [-0.15, -0.1) is 0 Å². The summed E-state index contributed by atoms with van der Waals surface area (Å²) >= 11 is 12.1. The van der Waals surface area contributed by atoms with Crippen molar-refractivity contribution >= 4 is 34.8 Å².